The molecule has 1 aromatic carbocycles. The zero-order valence-electron chi connectivity index (χ0n) is 11.8. The number of hydrogen-bond donors (Lipinski definition) is 1. The van der Waals surface area contributed by atoms with E-state index in [0.29, 0.717) is 12.1 Å². The van der Waals surface area contributed by atoms with Crippen LogP contribution in [0.15, 0.2) is 30.3 Å². The highest BCUT2D eigenvalue weighted by molar-refractivity contribution is 5.21. The Morgan fingerprint density at radius 2 is 1.72 bits per heavy atom. The van der Waals surface area contributed by atoms with E-state index < -0.39 is 0 Å². The van der Waals surface area contributed by atoms with Crippen LogP contribution in [0, 0.1) is 5.41 Å². The minimum atomic E-state index is 0.222. The van der Waals surface area contributed by atoms with Gasteiger partial charge in [-0.3, -0.25) is 0 Å². The molecule has 1 aliphatic heterocycles. The highest BCUT2D eigenvalue weighted by atomic mass is 16.5. The van der Waals surface area contributed by atoms with E-state index in [4.69, 9.17) is 4.74 Å². The van der Waals surface area contributed by atoms with Crippen molar-refractivity contribution in [1.29, 1.82) is 0 Å². The van der Waals surface area contributed by atoms with Gasteiger partial charge in [0.1, 0.15) is 0 Å². The van der Waals surface area contributed by atoms with Crippen LogP contribution in [0.1, 0.15) is 45.2 Å². The first kappa shape index (κ1) is 13.6. The van der Waals surface area contributed by atoms with Crippen molar-refractivity contribution in [2.75, 3.05) is 13.2 Å². The van der Waals surface area contributed by atoms with E-state index in [1.54, 1.807) is 0 Å². The zero-order valence-corrected chi connectivity index (χ0v) is 11.8. The maximum absolute atomic E-state index is 5.43. The summed E-state index contributed by atoms with van der Waals surface area (Å²) in [5.74, 6) is 0. The molecule has 18 heavy (non-hydrogen) atoms. The number of benzene rings is 1. The molecule has 0 saturated carbocycles. The lowest BCUT2D eigenvalue weighted by molar-refractivity contribution is 0.0687. The summed E-state index contributed by atoms with van der Waals surface area (Å²) in [6.45, 7) is 8.69. The molecule has 2 nitrogen and oxygen atoms in total. The smallest absolute Gasteiger partial charge is 0.0480 e. The standard InChI is InChI=1S/C16H25NO/c1-16(2,3)15(13-7-5-4-6-8-13)17-14-9-11-18-12-10-14/h4-8,14-15,17H,9-12H2,1-3H3. The zero-order chi connectivity index (χ0) is 13.0. The first-order chi connectivity index (χ1) is 8.57. The molecule has 1 fully saturated rings. The van der Waals surface area contributed by atoms with E-state index >= 15 is 0 Å². The highest BCUT2D eigenvalue weighted by Gasteiger charge is 2.28. The fourth-order valence-corrected chi connectivity index (χ4v) is 2.59. The number of nitrogens with one attached hydrogen (secondary N) is 1. The maximum Gasteiger partial charge on any atom is 0.0480 e. The van der Waals surface area contributed by atoms with Gasteiger partial charge in [-0.15, -0.1) is 0 Å². The van der Waals surface area contributed by atoms with Crippen LogP contribution >= 0.6 is 0 Å². The highest BCUT2D eigenvalue weighted by Crippen LogP contribution is 2.33. The van der Waals surface area contributed by atoms with Crippen LogP contribution in [0.2, 0.25) is 0 Å². The molecule has 1 unspecified atom stereocenters. The molecule has 0 bridgehead atoms. The van der Waals surface area contributed by atoms with Crippen molar-refractivity contribution in [3.8, 4) is 0 Å². The summed E-state index contributed by atoms with van der Waals surface area (Å²) in [6, 6.07) is 11.8. The van der Waals surface area contributed by atoms with E-state index in [2.05, 4.69) is 56.4 Å². The van der Waals surface area contributed by atoms with E-state index in [-0.39, 0.29) is 5.41 Å². The first-order valence-electron chi connectivity index (χ1n) is 6.96. The fourth-order valence-electron chi connectivity index (χ4n) is 2.59. The predicted molar refractivity (Wildman–Crippen MR) is 75.6 cm³/mol. The summed E-state index contributed by atoms with van der Waals surface area (Å²) in [5.41, 5.74) is 1.61. The number of rotatable bonds is 3. The fraction of sp³-hybridized carbons (Fsp3) is 0.625. The Bertz CT molecular complexity index is 349. The van der Waals surface area contributed by atoms with Crippen LogP contribution in [0.5, 0.6) is 0 Å². The summed E-state index contributed by atoms with van der Waals surface area (Å²) in [5, 5.41) is 3.83. The van der Waals surface area contributed by atoms with Crippen LogP contribution < -0.4 is 5.32 Å². The summed E-state index contributed by atoms with van der Waals surface area (Å²) < 4.78 is 5.43. The second kappa shape index (κ2) is 5.85. The van der Waals surface area contributed by atoms with Gasteiger partial charge in [0.25, 0.3) is 0 Å². The van der Waals surface area contributed by atoms with E-state index in [9.17, 15) is 0 Å². The van der Waals surface area contributed by atoms with Gasteiger partial charge in [-0.2, -0.15) is 0 Å². The maximum atomic E-state index is 5.43. The number of ether oxygens (including phenoxy) is 1. The summed E-state index contributed by atoms with van der Waals surface area (Å²) in [7, 11) is 0. The van der Waals surface area contributed by atoms with Crippen molar-refractivity contribution in [3.63, 3.8) is 0 Å². The van der Waals surface area contributed by atoms with Crippen LogP contribution in [0.3, 0.4) is 0 Å². The molecule has 0 amide bonds. The molecule has 2 rings (SSSR count). The minimum Gasteiger partial charge on any atom is -0.381 e. The third-order valence-electron chi connectivity index (χ3n) is 3.62. The van der Waals surface area contributed by atoms with Gasteiger partial charge >= 0.3 is 0 Å². The Labute approximate surface area is 111 Å². The average Bonchev–Trinajstić information content (AvgIpc) is 2.37. The SMILES string of the molecule is CC(C)(C)C(NC1CCOCC1)c1ccccc1. The molecule has 1 heterocycles. The van der Waals surface area contributed by atoms with Gasteiger partial charge in [0.05, 0.1) is 0 Å². The van der Waals surface area contributed by atoms with Crippen LogP contribution in [0.4, 0.5) is 0 Å². The molecule has 1 aromatic rings. The van der Waals surface area contributed by atoms with Gasteiger partial charge in [0.15, 0.2) is 0 Å². The normalized spacial score (nSPS) is 19.7. The van der Waals surface area contributed by atoms with Crippen LogP contribution in [-0.4, -0.2) is 19.3 Å². The molecule has 100 valence electrons. The Morgan fingerprint density at radius 3 is 2.28 bits per heavy atom. The average molecular weight is 247 g/mol. The quantitative estimate of drug-likeness (QED) is 0.882. The lowest BCUT2D eigenvalue weighted by Crippen LogP contribution is -2.42. The van der Waals surface area contributed by atoms with Gasteiger partial charge in [0.2, 0.25) is 0 Å². The van der Waals surface area contributed by atoms with Crippen molar-refractivity contribution in [3.05, 3.63) is 35.9 Å². The minimum absolute atomic E-state index is 0.222. The van der Waals surface area contributed by atoms with E-state index in [0.717, 1.165) is 26.1 Å². The van der Waals surface area contributed by atoms with Crippen molar-refractivity contribution in [2.45, 2.75) is 45.7 Å². The lowest BCUT2D eigenvalue weighted by atomic mass is 9.81. The third-order valence-corrected chi connectivity index (χ3v) is 3.62. The second-order valence-corrected chi connectivity index (χ2v) is 6.26. The van der Waals surface area contributed by atoms with Gasteiger partial charge in [-0.05, 0) is 23.8 Å². The van der Waals surface area contributed by atoms with E-state index in [1.807, 2.05) is 0 Å². The molecule has 1 aliphatic rings. The van der Waals surface area contributed by atoms with Crippen LogP contribution in [-0.2, 0) is 4.74 Å². The first-order valence-corrected chi connectivity index (χ1v) is 6.96. The summed E-state index contributed by atoms with van der Waals surface area (Å²) in [4.78, 5) is 0. The van der Waals surface area contributed by atoms with Crippen molar-refractivity contribution in [2.24, 2.45) is 5.41 Å². The van der Waals surface area contributed by atoms with Gasteiger partial charge < -0.3 is 10.1 Å². The monoisotopic (exact) mass is 247 g/mol. The molecule has 0 aliphatic carbocycles. The Balaban J connectivity index is 2.11. The molecule has 1 N–H and O–H groups in total. The van der Waals surface area contributed by atoms with Crippen molar-refractivity contribution < 1.29 is 4.74 Å². The molecule has 1 saturated heterocycles. The topological polar surface area (TPSA) is 21.3 Å². The molecule has 0 spiro atoms. The molecule has 2 heteroatoms. The largest absolute Gasteiger partial charge is 0.381 e. The van der Waals surface area contributed by atoms with Gasteiger partial charge in [0, 0.05) is 25.3 Å². The second-order valence-electron chi connectivity index (χ2n) is 6.26. The van der Waals surface area contributed by atoms with Gasteiger partial charge in [-0.1, -0.05) is 51.1 Å². The lowest BCUT2D eigenvalue weighted by Gasteiger charge is -2.36. The van der Waals surface area contributed by atoms with E-state index in [1.165, 1.54) is 5.56 Å². The predicted octanol–water partition coefficient (Wildman–Crippen LogP) is 3.54. The summed E-state index contributed by atoms with van der Waals surface area (Å²) >= 11 is 0. The summed E-state index contributed by atoms with van der Waals surface area (Å²) in [6.07, 6.45) is 2.25. The van der Waals surface area contributed by atoms with Gasteiger partial charge in [-0.25, -0.2) is 0 Å². The molecular weight excluding hydrogens is 222 g/mol. The Kier molecular flexibility index (Phi) is 4.41. The Hall–Kier alpha value is -0.860. The molecule has 0 radical (unpaired) electrons. The molecule has 0 aromatic heterocycles. The van der Waals surface area contributed by atoms with Crippen molar-refractivity contribution in [1.82, 2.24) is 5.32 Å². The number of hydrogen-bond acceptors (Lipinski definition) is 2. The third kappa shape index (κ3) is 3.56. The Morgan fingerprint density at radius 1 is 1.11 bits per heavy atom. The van der Waals surface area contributed by atoms with Crippen LogP contribution in [0.25, 0.3) is 0 Å². The molecular formula is C16H25NO. The van der Waals surface area contributed by atoms with Crippen molar-refractivity contribution >= 4 is 0 Å². The molecule has 1 atom stereocenters.